The highest BCUT2D eigenvalue weighted by molar-refractivity contribution is 5.76. The molecule has 0 spiro atoms. The summed E-state index contributed by atoms with van der Waals surface area (Å²) in [7, 11) is 0. The molecule has 0 unspecified atom stereocenters. The van der Waals surface area contributed by atoms with E-state index in [9.17, 15) is 4.39 Å². The van der Waals surface area contributed by atoms with E-state index >= 15 is 0 Å². The van der Waals surface area contributed by atoms with Crippen LogP contribution in [0.5, 0.6) is 5.88 Å². The minimum absolute atomic E-state index is 0.00809. The van der Waals surface area contributed by atoms with E-state index in [0.717, 1.165) is 0 Å². The topological polar surface area (TPSA) is 108 Å². The van der Waals surface area contributed by atoms with Crippen LogP contribution in [0.15, 0.2) is 36.5 Å². The maximum Gasteiger partial charge on any atom is 0.234 e. The molecule has 8 nitrogen and oxygen atoms in total. The second-order valence-corrected chi connectivity index (χ2v) is 6.77. The Morgan fingerprint density at radius 2 is 1.96 bits per heavy atom. The fraction of sp³-hybridized carbons (Fsp3) is 0.263. The number of anilines is 1. The third-order valence-electron chi connectivity index (χ3n) is 4.27. The van der Waals surface area contributed by atoms with E-state index in [1.54, 1.807) is 18.2 Å². The van der Waals surface area contributed by atoms with E-state index in [4.69, 9.17) is 15.5 Å². The van der Waals surface area contributed by atoms with Crippen molar-refractivity contribution in [3.8, 4) is 11.7 Å². The smallest absolute Gasteiger partial charge is 0.234 e. The molecule has 0 aromatic carbocycles. The second kappa shape index (κ2) is 6.91. The van der Waals surface area contributed by atoms with Crippen LogP contribution in [0.25, 0.3) is 17.0 Å². The van der Waals surface area contributed by atoms with Crippen LogP contribution in [0.2, 0.25) is 0 Å². The molecule has 9 heteroatoms. The third-order valence-corrected chi connectivity index (χ3v) is 4.27. The van der Waals surface area contributed by atoms with Gasteiger partial charge in [-0.15, -0.1) is 5.10 Å². The number of pyridine rings is 2. The van der Waals surface area contributed by atoms with Crippen molar-refractivity contribution in [3.05, 3.63) is 53.9 Å². The highest BCUT2D eigenvalue weighted by atomic mass is 19.1. The largest absolute Gasteiger partial charge is 0.474 e. The summed E-state index contributed by atoms with van der Waals surface area (Å²) in [5.41, 5.74) is 7.85. The number of aromatic amines is 1. The molecular formula is C19H20FN7O. The van der Waals surface area contributed by atoms with Crippen molar-refractivity contribution in [3.63, 3.8) is 0 Å². The lowest BCUT2D eigenvalue weighted by atomic mass is 10.1. The van der Waals surface area contributed by atoms with Gasteiger partial charge in [0, 0.05) is 6.07 Å². The molecule has 0 saturated heterocycles. The molecule has 4 heterocycles. The monoisotopic (exact) mass is 381 g/mol. The zero-order valence-corrected chi connectivity index (χ0v) is 15.7. The van der Waals surface area contributed by atoms with Crippen LogP contribution in [-0.4, -0.2) is 35.8 Å². The number of hydrogen-bond acceptors (Lipinski definition) is 6. The SMILES string of the molecule is CC(C)Oc1cc(-n2c([C@@H](C)c3ccc(F)cn3)nc3ccc(N)nc32)[nH]n1. The predicted molar refractivity (Wildman–Crippen MR) is 103 cm³/mol. The molecule has 0 aliphatic rings. The van der Waals surface area contributed by atoms with Gasteiger partial charge in [-0.3, -0.25) is 14.6 Å². The number of halogens is 1. The molecule has 4 aromatic heterocycles. The fourth-order valence-corrected chi connectivity index (χ4v) is 3.00. The number of nitrogen functional groups attached to an aromatic ring is 1. The standard InChI is InChI=1S/C19H20FN7O/c1-10(2)28-17-8-16(25-26-17)27-18(11(3)13-5-4-12(20)9-22-13)23-14-6-7-15(21)24-19(14)27/h4-11H,1-3H3,(H2,21,24)(H,25,26)/t11-/m0/s1. The molecule has 4 rings (SSSR count). The van der Waals surface area contributed by atoms with Gasteiger partial charge in [0.25, 0.3) is 0 Å². The van der Waals surface area contributed by atoms with Gasteiger partial charge in [0.1, 0.15) is 28.8 Å². The highest BCUT2D eigenvalue weighted by Gasteiger charge is 2.23. The second-order valence-electron chi connectivity index (χ2n) is 6.77. The lowest BCUT2D eigenvalue weighted by Gasteiger charge is -2.12. The Morgan fingerprint density at radius 1 is 1.14 bits per heavy atom. The normalized spacial score (nSPS) is 12.6. The Morgan fingerprint density at radius 3 is 2.68 bits per heavy atom. The number of hydrogen-bond donors (Lipinski definition) is 2. The predicted octanol–water partition coefficient (Wildman–Crippen LogP) is 3.20. The van der Waals surface area contributed by atoms with E-state index in [-0.39, 0.29) is 17.8 Å². The quantitative estimate of drug-likeness (QED) is 0.550. The summed E-state index contributed by atoms with van der Waals surface area (Å²) in [6.45, 7) is 5.80. The summed E-state index contributed by atoms with van der Waals surface area (Å²) in [5, 5.41) is 7.17. The molecule has 28 heavy (non-hydrogen) atoms. The van der Waals surface area contributed by atoms with Gasteiger partial charge >= 0.3 is 0 Å². The molecule has 0 aliphatic carbocycles. The number of imidazole rings is 1. The summed E-state index contributed by atoms with van der Waals surface area (Å²) < 4.78 is 20.8. The van der Waals surface area contributed by atoms with Crippen molar-refractivity contribution in [2.75, 3.05) is 5.73 Å². The lowest BCUT2D eigenvalue weighted by molar-refractivity contribution is 0.232. The zero-order chi connectivity index (χ0) is 19.8. The van der Waals surface area contributed by atoms with Crippen molar-refractivity contribution in [1.29, 1.82) is 0 Å². The minimum atomic E-state index is -0.386. The van der Waals surface area contributed by atoms with Crippen LogP contribution in [0.1, 0.15) is 38.2 Å². The van der Waals surface area contributed by atoms with Gasteiger partial charge in [-0.1, -0.05) is 0 Å². The molecule has 0 bridgehead atoms. The van der Waals surface area contributed by atoms with Crippen LogP contribution in [0.3, 0.4) is 0 Å². The summed E-state index contributed by atoms with van der Waals surface area (Å²) in [6, 6.07) is 8.31. The molecule has 4 aromatic rings. The van der Waals surface area contributed by atoms with Gasteiger partial charge in [-0.2, -0.15) is 0 Å². The van der Waals surface area contributed by atoms with Crippen molar-refractivity contribution in [1.82, 2.24) is 29.7 Å². The van der Waals surface area contributed by atoms with E-state index in [1.165, 1.54) is 12.3 Å². The van der Waals surface area contributed by atoms with Gasteiger partial charge in [-0.05, 0) is 45.0 Å². The van der Waals surface area contributed by atoms with E-state index in [1.807, 2.05) is 31.4 Å². The Kier molecular flexibility index (Phi) is 4.42. The lowest BCUT2D eigenvalue weighted by Crippen LogP contribution is -2.09. The first kappa shape index (κ1) is 17.9. The highest BCUT2D eigenvalue weighted by Crippen LogP contribution is 2.29. The molecule has 1 atom stereocenters. The average Bonchev–Trinajstić information content (AvgIpc) is 3.25. The van der Waals surface area contributed by atoms with Crippen molar-refractivity contribution < 1.29 is 9.13 Å². The van der Waals surface area contributed by atoms with Gasteiger partial charge < -0.3 is 10.5 Å². The molecule has 3 N–H and O–H groups in total. The molecule has 0 aliphatic heterocycles. The first-order chi connectivity index (χ1) is 13.4. The van der Waals surface area contributed by atoms with Crippen LogP contribution >= 0.6 is 0 Å². The fourth-order valence-electron chi connectivity index (χ4n) is 3.00. The molecule has 0 fully saturated rings. The Bertz CT molecular complexity index is 1120. The number of ether oxygens (including phenoxy) is 1. The summed E-state index contributed by atoms with van der Waals surface area (Å²) >= 11 is 0. The van der Waals surface area contributed by atoms with Gasteiger partial charge in [-0.25, -0.2) is 14.4 Å². The Labute approximate surface area is 160 Å². The third kappa shape index (κ3) is 3.26. The van der Waals surface area contributed by atoms with Crippen molar-refractivity contribution in [2.45, 2.75) is 32.8 Å². The maximum absolute atomic E-state index is 13.3. The summed E-state index contributed by atoms with van der Waals surface area (Å²) in [5.74, 6) is 1.55. The van der Waals surface area contributed by atoms with E-state index < -0.39 is 0 Å². The van der Waals surface area contributed by atoms with Gasteiger partial charge in [0.05, 0.1) is 23.9 Å². The number of rotatable bonds is 5. The zero-order valence-electron chi connectivity index (χ0n) is 15.7. The molecular weight excluding hydrogens is 361 g/mol. The number of H-pyrrole nitrogens is 1. The number of nitrogens with zero attached hydrogens (tertiary/aromatic N) is 5. The summed E-state index contributed by atoms with van der Waals surface area (Å²) in [6.07, 6.45) is 1.19. The van der Waals surface area contributed by atoms with Crippen LogP contribution in [-0.2, 0) is 0 Å². The Hall–Kier alpha value is -3.49. The first-order valence-electron chi connectivity index (χ1n) is 8.91. The minimum Gasteiger partial charge on any atom is -0.474 e. The van der Waals surface area contributed by atoms with Crippen LogP contribution < -0.4 is 10.5 Å². The molecule has 0 amide bonds. The first-order valence-corrected chi connectivity index (χ1v) is 8.91. The number of fused-ring (bicyclic) bond motifs is 1. The van der Waals surface area contributed by atoms with Gasteiger partial charge in [0.15, 0.2) is 5.65 Å². The summed E-state index contributed by atoms with van der Waals surface area (Å²) in [4.78, 5) is 13.4. The van der Waals surface area contributed by atoms with Crippen LogP contribution in [0.4, 0.5) is 10.2 Å². The number of nitrogens with two attached hydrogens (primary N) is 1. The number of nitrogens with one attached hydrogen (secondary N) is 1. The van der Waals surface area contributed by atoms with E-state index in [0.29, 0.717) is 40.2 Å². The number of aromatic nitrogens is 6. The van der Waals surface area contributed by atoms with Crippen molar-refractivity contribution in [2.24, 2.45) is 0 Å². The Balaban J connectivity index is 1.87. The van der Waals surface area contributed by atoms with E-state index in [2.05, 4.69) is 20.2 Å². The molecule has 144 valence electrons. The molecule has 0 radical (unpaired) electrons. The van der Waals surface area contributed by atoms with Crippen LogP contribution in [0, 0.1) is 5.82 Å². The average molecular weight is 381 g/mol. The molecule has 0 saturated carbocycles. The maximum atomic E-state index is 13.3. The van der Waals surface area contributed by atoms with Crippen molar-refractivity contribution >= 4 is 17.0 Å². The van der Waals surface area contributed by atoms with Gasteiger partial charge in [0.2, 0.25) is 5.88 Å².